The number of ether oxygens (including phenoxy) is 5. The van der Waals surface area contributed by atoms with E-state index in [-0.39, 0.29) is 52.7 Å². The Balaban J connectivity index is 1.45. The van der Waals surface area contributed by atoms with Crippen molar-refractivity contribution in [2.24, 2.45) is 0 Å². The number of carbonyl (C=O) groups is 1. The van der Waals surface area contributed by atoms with Gasteiger partial charge in [-0.2, -0.15) is 9.97 Å². The van der Waals surface area contributed by atoms with Crippen molar-refractivity contribution in [3.05, 3.63) is 84.4 Å². The fourth-order valence-corrected chi connectivity index (χ4v) is 5.70. The van der Waals surface area contributed by atoms with Crippen LogP contribution in [0.2, 0.25) is 0 Å². The van der Waals surface area contributed by atoms with Gasteiger partial charge >= 0.3 is 6.09 Å². The number of aromatic nitrogens is 2. The second-order valence-electron chi connectivity index (χ2n) is 11.9. The molecule has 1 saturated heterocycles. The predicted molar refractivity (Wildman–Crippen MR) is 189 cm³/mol. The molecule has 0 spiro atoms. The minimum Gasteiger partial charge on any atom is -0.493 e. The molecule has 13 nitrogen and oxygen atoms in total. The molecule has 2 heterocycles. The third kappa shape index (κ3) is 9.55. The van der Waals surface area contributed by atoms with Gasteiger partial charge in [-0.25, -0.2) is 13.2 Å². The van der Waals surface area contributed by atoms with Crippen LogP contribution in [0.3, 0.4) is 0 Å². The molecular weight excluding hydrogens is 662 g/mol. The van der Waals surface area contributed by atoms with Gasteiger partial charge in [-0.15, -0.1) is 0 Å². The Morgan fingerprint density at radius 1 is 0.900 bits per heavy atom. The van der Waals surface area contributed by atoms with E-state index in [2.05, 4.69) is 31.8 Å². The number of sulfonamides is 1. The predicted octanol–water partition coefficient (Wildman–Crippen LogP) is 5.84. The van der Waals surface area contributed by atoms with E-state index in [0.717, 1.165) is 5.56 Å². The maximum atomic E-state index is 13.8. The molecule has 0 saturated carbocycles. The van der Waals surface area contributed by atoms with Crippen molar-refractivity contribution in [1.82, 2.24) is 9.97 Å². The molecule has 0 aliphatic carbocycles. The number of methoxy groups -OCH3 is 1. The van der Waals surface area contributed by atoms with Crippen LogP contribution in [0.1, 0.15) is 26.3 Å². The van der Waals surface area contributed by atoms with Gasteiger partial charge in [0.25, 0.3) is 15.9 Å². The Kier molecular flexibility index (Phi) is 11.6. The summed E-state index contributed by atoms with van der Waals surface area (Å²) in [7, 11) is -2.68. The molecule has 2 N–H and O–H groups in total. The van der Waals surface area contributed by atoms with Gasteiger partial charge in [0.1, 0.15) is 0 Å². The fourth-order valence-electron chi connectivity index (χ4n) is 4.70. The average molecular weight is 702 g/mol. The van der Waals surface area contributed by atoms with Crippen molar-refractivity contribution >= 4 is 33.6 Å². The van der Waals surface area contributed by atoms with Crippen LogP contribution >= 0.6 is 0 Å². The highest BCUT2D eigenvalue weighted by molar-refractivity contribution is 7.92. The lowest BCUT2D eigenvalue weighted by molar-refractivity contribution is 0.122. The number of hydrogen-bond acceptors (Lipinski definition) is 11. The molecule has 0 radical (unpaired) electrons. The van der Waals surface area contributed by atoms with Crippen LogP contribution in [0.15, 0.2) is 83.8 Å². The smallest absolute Gasteiger partial charge is 0.412 e. The minimum atomic E-state index is -4.17. The first-order chi connectivity index (χ1) is 24.0. The summed E-state index contributed by atoms with van der Waals surface area (Å²) in [5.41, 5.74) is 1.40. The van der Waals surface area contributed by atoms with Crippen molar-refractivity contribution in [3.63, 3.8) is 0 Å². The summed E-state index contributed by atoms with van der Waals surface area (Å²) in [5.74, 6) is 6.02. The number of hydrogen-bond donors (Lipinski definition) is 2. The summed E-state index contributed by atoms with van der Waals surface area (Å²) in [6.07, 6.45) is -0.658. The highest BCUT2D eigenvalue weighted by atomic mass is 32.2. The van der Waals surface area contributed by atoms with Crippen LogP contribution < -0.4 is 29.1 Å². The first-order valence-electron chi connectivity index (χ1n) is 15.8. The van der Waals surface area contributed by atoms with Crippen LogP contribution in [-0.4, -0.2) is 71.1 Å². The Morgan fingerprint density at radius 3 is 2.24 bits per heavy atom. The van der Waals surface area contributed by atoms with E-state index in [1.165, 1.54) is 7.11 Å². The quantitative estimate of drug-likeness (QED) is 0.182. The van der Waals surface area contributed by atoms with Crippen LogP contribution in [0.5, 0.6) is 23.1 Å². The number of amides is 1. The van der Waals surface area contributed by atoms with Crippen LogP contribution in [0, 0.1) is 11.8 Å². The Hall–Kier alpha value is -5.52. The first kappa shape index (κ1) is 35.8. The SMILES string of the molecule is COc1ccccc1Oc1c(NS(=O)(=O)c2ccc(C(C)(C)C)cc2)nc(N2CCOCC2)nc1OCC#CCOC(=O)Nc1ccccc1. The molecule has 0 unspecified atom stereocenters. The zero-order valence-electron chi connectivity index (χ0n) is 28.3. The molecule has 1 aromatic heterocycles. The number of nitrogens with one attached hydrogen (secondary N) is 2. The zero-order valence-corrected chi connectivity index (χ0v) is 29.1. The molecule has 4 aromatic rings. The minimum absolute atomic E-state index is 0.0323. The van der Waals surface area contributed by atoms with Gasteiger partial charge in [-0.1, -0.05) is 75.1 Å². The molecule has 1 aliphatic rings. The lowest BCUT2D eigenvalue weighted by Crippen LogP contribution is -2.37. The Labute approximate surface area is 291 Å². The van der Waals surface area contributed by atoms with Gasteiger partial charge < -0.3 is 28.6 Å². The lowest BCUT2D eigenvalue weighted by atomic mass is 9.87. The second-order valence-corrected chi connectivity index (χ2v) is 13.6. The van der Waals surface area contributed by atoms with E-state index in [4.69, 9.17) is 23.7 Å². The number of anilines is 3. The molecule has 1 aliphatic heterocycles. The molecule has 14 heteroatoms. The number of rotatable bonds is 11. The summed E-state index contributed by atoms with van der Waals surface area (Å²) in [5, 5.41) is 2.61. The Bertz CT molecular complexity index is 1930. The topological polar surface area (TPSA) is 150 Å². The summed E-state index contributed by atoms with van der Waals surface area (Å²) in [4.78, 5) is 23.2. The largest absolute Gasteiger partial charge is 0.493 e. The molecule has 5 rings (SSSR count). The van der Waals surface area contributed by atoms with Gasteiger partial charge in [0.05, 0.1) is 25.2 Å². The fraction of sp³-hybridized carbons (Fsp3) is 0.306. The van der Waals surface area contributed by atoms with Gasteiger partial charge in [0.15, 0.2) is 30.5 Å². The van der Waals surface area contributed by atoms with E-state index >= 15 is 0 Å². The van der Waals surface area contributed by atoms with E-state index < -0.39 is 16.1 Å². The van der Waals surface area contributed by atoms with Gasteiger partial charge in [0.2, 0.25) is 11.7 Å². The molecule has 3 aromatic carbocycles. The molecular formula is C36H39N5O8S. The highest BCUT2D eigenvalue weighted by Gasteiger charge is 2.27. The van der Waals surface area contributed by atoms with Gasteiger partial charge in [-0.05, 0) is 47.4 Å². The van der Waals surface area contributed by atoms with Crippen molar-refractivity contribution < 1.29 is 36.9 Å². The molecule has 262 valence electrons. The maximum absolute atomic E-state index is 13.8. The van der Waals surface area contributed by atoms with Crippen molar-refractivity contribution in [2.75, 3.05) is 61.6 Å². The third-order valence-electron chi connectivity index (χ3n) is 7.36. The van der Waals surface area contributed by atoms with Crippen molar-refractivity contribution in [2.45, 2.75) is 31.1 Å². The lowest BCUT2D eigenvalue weighted by Gasteiger charge is -2.28. The van der Waals surface area contributed by atoms with Crippen LogP contribution in [-0.2, 0) is 24.9 Å². The summed E-state index contributed by atoms with van der Waals surface area (Å²) >= 11 is 0. The van der Waals surface area contributed by atoms with Crippen LogP contribution in [0.4, 0.5) is 22.2 Å². The highest BCUT2D eigenvalue weighted by Crippen LogP contribution is 2.41. The van der Waals surface area contributed by atoms with E-state index in [1.54, 1.807) is 72.8 Å². The number of nitrogens with zero attached hydrogens (tertiary/aromatic N) is 3. The monoisotopic (exact) mass is 701 g/mol. The third-order valence-corrected chi connectivity index (χ3v) is 8.72. The summed E-state index contributed by atoms with van der Waals surface area (Å²) < 4.78 is 58.5. The first-order valence-corrected chi connectivity index (χ1v) is 17.3. The number of benzene rings is 3. The van der Waals surface area contributed by atoms with Crippen molar-refractivity contribution in [1.29, 1.82) is 0 Å². The number of morpholine rings is 1. The Morgan fingerprint density at radius 2 is 1.56 bits per heavy atom. The summed E-state index contributed by atoms with van der Waals surface area (Å²) in [6.45, 7) is 7.54. The van der Waals surface area contributed by atoms with Gasteiger partial charge in [-0.3, -0.25) is 10.0 Å². The van der Waals surface area contributed by atoms with Gasteiger partial charge in [0, 0.05) is 18.8 Å². The molecule has 50 heavy (non-hydrogen) atoms. The van der Waals surface area contributed by atoms with E-state index in [1.807, 2.05) is 31.7 Å². The van der Waals surface area contributed by atoms with E-state index in [9.17, 15) is 13.2 Å². The molecule has 1 fully saturated rings. The van der Waals surface area contributed by atoms with E-state index in [0.29, 0.717) is 37.7 Å². The standard InChI is InChI=1S/C36H39N5O8S/c1-36(2,3)26-16-18-28(19-17-26)50(43,44)40-32-31(49-30-15-9-8-14-29(30)45-4)33(39-34(38-32)41-20-24-46-25-21-41)47-22-10-11-23-48-35(42)37-27-12-6-5-7-13-27/h5-9,12-19H,20-25H2,1-4H3,(H,37,42)(H,38,39,40). The average Bonchev–Trinajstić information content (AvgIpc) is 3.11. The maximum Gasteiger partial charge on any atom is 0.412 e. The number of para-hydroxylation sites is 3. The summed E-state index contributed by atoms with van der Waals surface area (Å²) in [6, 6.07) is 22.4. The molecule has 1 amide bonds. The molecule has 0 bridgehead atoms. The second kappa shape index (κ2) is 16.3. The number of carbonyl (C=O) groups excluding carboxylic acids is 1. The van der Waals surface area contributed by atoms with Crippen LogP contribution in [0.25, 0.3) is 0 Å². The normalized spacial score (nSPS) is 13.0. The molecule has 0 atom stereocenters. The zero-order chi connectivity index (χ0) is 35.6. The van der Waals surface area contributed by atoms with Crippen molar-refractivity contribution in [3.8, 4) is 35.0 Å².